The van der Waals surface area contributed by atoms with Gasteiger partial charge >= 0.3 is 0 Å². The first kappa shape index (κ1) is 11.9. The molecule has 0 atom stereocenters. The van der Waals surface area contributed by atoms with Crippen LogP contribution >= 0.6 is 11.6 Å². The number of hydrogen-bond donors (Lipinski definition) is 0. The highest BCUT2D eigenvalue weighted by Crippen LogP contribution is 2.24. The van der Waals surface area contributed by atoms with Crippen LogP contribution < -0.4 is 0 Å². The number of benzene rings is 1. The summed E-state index contributed by atoms with van der Waals surface area (Å²) < 4.78 is 5.55. The minimum absolute atomic E-state index is 0.155. The Morgan fingerprint density at radius 1 is 1.21 bits per heavy atom. The summed E-state index contributed by atoms with van der Waals surface area (Å²) in [5.41, 5.74) is 2.01. The first-order valence-electron chi connectivity index (χ1n) is 5.80. The second-order valence-electron chi connectivity index (χ2n) is 4.31. The van der Waals surface area contributed by atoms with Crippen molar-refractivity contribution < 1.29 is 9.21 Å². The lowest BCUT2D eigenvalue weighted by atomic mass is 10.1. The quantitative estimate of drug-likeness (QED) is 0.661. The zero-order chi connectivity index (χ0) is 13.4. The Labute approximate surface area is 114 Å². The summed E-state index contributed by atoms with van der Waals surface area (Å²) in [5.74, 6) is 0.153. The molecule has 0 unspecified atom stereocenters. The highest BCUT2D eigenvalue weighted by atomic mass is 35.5. The number of aryl methyl sites for hydroxylation is 1. The van der Waals surface area contributed by atoms with Gasteiger partial charge in [0, 0.05) is 27.9 Å². The van der Waals surface area contributed by atoms with E-state index >= 15 is 0 Å². The second-order valence-corrected chi connectivity index (χ2v) is 4.74. The van der Waals surface area contributed by atoms with Crippen LogP contribution in [-0.2, 0) is 0 Å². The number of carbonyl (C=O) groups is 1. The molecule has 3 nitrogen and oxygen atoms in total. The summed E-state index contributed by atoms with van der Waals surface area (Å²) >= 11 is 5.91. The number of aromatic nitrogens is 1. The fourth-order valence-electron chi connectivity index (χ4n) is 1.96. The predicted octanol–water partition coefficient (Wildman–Crippen LogP) is 4.02. The van der Waals surface area contributed by atoms with E-state index in [2.05, 4.69) is 4.98 Å². The minimum Gasteiger partial charge on any atom is -0.453 e. The minimum atomic E-state index is -0.155. The molecule has 2 aromatic heterocycles. The summed E-state index contributed by atoms with van der Waals surface area (Å²) in [5, 5.41) is 1.44. The molecule has 0 saturated carbocycles. The van der Waals surface area contributed by atoms with Crippen molar-refractivity contribution in [3.63, 3.8) is 0 Å². The van der Waals surface area contributed by atoms with Gasteiger partial charge in [0.25, 0.3) is 0 Å². The summed E-state index contributed by atoms with van der Waals surface area (Å²) in [6.45, 7) is 1.84. The molecule has 0 spiro atoms. The lowest BCUT2D eigenvalue weighted by Gasteiger charge is -1.97. The third kappa shape index (κ3) is 2.25. The van der Waals surface area contributed by atoms with E-state index in [9.17, 15) is 4.79 Å². The largest absolute Gasteiger partial charge is 0.453 e. The molecule has 94 valence electrons. The molecular formula is C15H10ClNO2. The Morgan fingerprint density at radius 3 is 2.84 bits per heavy atom. The molecule has 19 heavy (non-hydrogen) atoms. The van der Waals surface area contributed by atoms with E-state index in [1.165, 1.54) is 0 Å². The van der Waals surface area contributed by atoms with Crippen LogP contribution in [0.5, 0.6) is 0 Å². The summed E-state index contributed by atoms with van der Waals surface area (Å²) in [6, 6.07) is 10.4. The number of furan rings is 1. The molecule has 3 rings (SSSR count). The maximum absolute atomic E-state index is 12.3. The summed E-state index contributed by atoms with van der Waals surface area (Å²) in [6.07, 6.45) is 1.61. The van der Waals surface area contributed by atoms with E-state index < -0.39 is 0 Å². The maximum atomic E-state index is 12.3. The Balaban J connectivity index is 2.06. The van der Waals surface area contributed by atoms with Gasteiger partial charge in [-0.1, -0.05) is 11.6 Å². The van der Waals surface area contributed by atoms with Crippen LogP contribution in [0.25, 0.3) is 11.0 Å². The Morgan fingerprint density at radius 2 is 2.05 bits per heavy atom. The molecule has 0 radical (unpaired) electrons. The molecule has 0 N–H and O–H groups in total. The van der Waals surface area contributed by atoms with Crippen molar-refractivity contribution in [3.8, 4) is 0 Å². The van der Waals surface area contributed by atoms with Gasteiger partial charge in [0.1, 0.15) is 5.58 Å². The van der Waals surface area contributed by atoms with Crippen molar-refractivity contribution in [3.05, 3.63) is 64.6 Å². The van der Waals surface area contributed by atoms with Crippen molar-refractivity contribution in [1.29, 1.82) is 0 Å². The molecule has 4 heteroatoms. The molecule has 3 aromatic rings. The average molecular weight is 272 g/mol. The van der Waals surface area contributed by atoms with Gasteiger partial charge in [-0.25, -0.2) is 0 Å². The maximum Gasteiger partial charge on any atom is 0.228 e. The topological polar surface area (TPSA) is 43.1 Å². The van der Waals surface area contributed by atoms with Crippen LogP contribution in [0.2, 0.25) is 5.02 Å². The van der Waals surface area contributed by atoms with E-state index in [0.717, 1.165) is 11.1 Å². The normalized spacial score (nSPS) is 10.8. The van der Waals surface area contributed by atoms with Gasteiger partial charge in [0.15, 0.2) is 5.76 Å². The summed E-state index contributed by atoms with van der Waals surface area (Å²) in [4.78, 5) is 16.4. The standard InChI is InChI=1S/C15H10ClNO2/c1-9-6-10(4-5-17-9)15(18)14-8-11-7-12(16)2-3-13(11)19-14/h2-8H,1H3. The van der Waals surface area contributed by atoms with Crippen molar-refractivity contribution in [2.45, 2.75) is 6.92 Å². The first-order chi connectivity index (χ1) is 9.13. The number of carbonyl (C=O) groups excluding carboxylic acids is 1. The van der Waals surface area contributed by atoms with Gasteiger partial charge in [-0.05, 0) is 43.3 Å². The third-order valence-electron chi connectivity index (χ3n) is 2.86. The van der Waals surface area contributed by atoms with Crippen LogP contribution in [0.1, 0.15) is 21.8 Å². The Hall–Kier alpha value is -2.13. The van der Waals surface area contributed by atoms with Gasteiger partial charge in [0.2, 0.25) is 5.78 Å². The second kappa shape index (κ2) is 4.52. The Bertz CT molecular complexity index is 777. The molecule has 0 saturated heterocycles. The van der Waals surface area contributed by atoms with Crippen LogP contribution in [0, 0.1) is 6.92 Å². The first-order valence-corrected chi connectivity index (χ1v) is 6.18. The van der Waals surface area contributed by atoms with Crippen LogP contribution in [-0.4, -0.2) is 10.8 Å². The molecule has 0 fully saturated rings. The third-order valence-corrected chi connectivity index (χ3v) is 3.10. The summed E-state index contributed by atoms with van der Waals surface area (Å²) in [7, 11) is 0. The lowest BCUT2D eigenvalue weighted by molar-refractivity contribution is 0.101. The zero-order valence-corrected chi connectivity index (χ0v) is 10.9. The van der Waals surface area contributed by atoms with E-state index in [0.29, 0.717) is 21.9 Å². The van der Waals surface area contributed by atoms with E-state index in [4.69, 9.17) is 16.0 Å². The number of ketones is 1. The molecule has 2 heterocycles. The van der Waals surface area contributed by atoms with Gasteiger partial charge in [-0.3, -0.25) is 9.78 Å². The number of fused-ring (bicyclic) bond motifs is 1. The van der Waals surface area contributed by atoms with Gasteiger partial charge in [-0.2, -0.15) is 0 Å². The number of pyridine rings is 1. The molecular weight excluding hydrogens is 262 g/mol. The van der Waals surface area contributed by atoms with E-state index in [1.54, 1.807) is 42.6 Å². The van der Waals surface area contributed by atoms with Crippen LogP contribution in [0.15, 0.2) is 47.0 Å². The fraction of sp³-hybridized carbons (Fsp3) is 0.0667. The zero-order valence-electron chi connectivity index (χ0n) is 10.2. The highest BCUT2D eigenvalue weighted by molar-refractivity contribution is 6.31. The lowest BCUT2D eigenvalue weighted by Crippen LogP contribution is -2.00. The van der Waals surface area contributed by atoms with Crippen molar-refractivity contribution >= 4 is 28.4 Å². The number of halogens is 1. The van der Waals surface area contributed by atoms with Gasteiger partial charge in [-0.15, -0.1) is 0 Å². The number of rotatable bonds is 2. The fourth-order valence-corrected chi connectivity index (χ4v) is 2.14. The smallest absolute Gasteiger partial charge is 0.228 e. The monoisotopic (exact) mass is 271 g/mol. The molecule has 0 amide bonds. The van der Waals surface area contributed by atoms with Gasteiger partial charge < -0.3 is 4.42 Å². The molecule has 0 bridgehead atoms. The highest BCUT2D eigenvalue weighted by Gasteiger charge is 2.15. The molecule has 0 aliphatic carbocycles. The number of nitrogens with zero attached hydrogens (tertiary/aromatic N) is 1. The molecule has 0 aliphatic heterocycles. The SMILES string of the molecule is Cc1cc(C(=O)c2cc3cc(Cl)ccc3o2)ccn1. The van der Waals surface area contributed by atoms with Crippen LogP contribution in [0.3, 0.4) is 0 Å². The van der Waals surface area contributed by atoms with Crippen molar-refractivity contribution in [1.82, 2.24) is 4.98 Å². The molecule has 1 aromatic carbocycles. The van der Waals surface area contributed by atoms with E-state index in [-0.39, 0.29) is 5.78 Å². The number of hydrogen-bond acceptors (Lipinski definition) is 3. The van der Waals surface area contributed by atoms with Crippen molar-refractivity contribution in [2.75, 3.05) is 0 Å². The molecule has 0 aliphatic rings. The van der Waals surface area contributed by atoms with E-state index in [1.807, 2.05) is 6.92 Å². The Kier molecular flexibility index (Phi) is 2.84. The van der Waals surface area contributed by atoms with Crippen LogP contribution in [0.4, 0.5) is 0 Å². The average Bonchev–Trinajstić information content (AvgIpc) is 2.80. The predicted molar refractivity (Wildman–Crippen MR) is 73.6 cm³/mol. The van der Waals surface area contributed by atoms with Crippen molar-refractivity contribution in [2.24, 2.45) is 0 Å². The van der Waals surface area contributed by atoms with Gasteiger partial charge in [0.05, 0.1) is 0 Å².